The highest BCUT2D eigenvalue weighted by Gasteiger charge is 2.20. The van der Waals surface area contributed by atoms with E-state index in [0.29, 0.717) is 17.3 Å². The zero-order chi connectivity index (χ0) is 20.8. The zero-order valence-corrected chi connectivity index (χ0v) is 16.2. The van der Waals surface area contributed by atoms with Gasteiger partial charge in [0.15, 0.2) is 5.82 Å². The molecule has 30 heavy (non-hydrogen) atoms. The van der Waals surface area contributed by atoms with Crippen LogP contribution in [0.5, 0.6) is 5.75 Å². The number of amides is 1. The predicted octanol–water partition coefficient (Wildman–Crippen LogP) is 3.26. The van der Waals surface area contributed by atoms with Crippen molar-refractivity contribution < 1.29 is 13.9 Å². The van der Waals surface area contributed by atoms with Gasteiger partial charge in [0.25, 0.3) is 5.91 Å². The second-order valence-electron chi connectivity index (χ2n) is 6.32. The van der Waals surface area contributed by atoms with E-state index in [1.54, 1.807) is 25.3 Å². The Bertz CT molecular complexity index is 1150. The first-order valence-electron chi connectivity index (χ1n) is 9.25. The van der Waals surface area contributed by atoms with Gasteiger partial charge in [0.05, 0.1) is 13.4 Å². The Morgan fingerprint density at radius 1 is 1.10 bits per heavy atom. The lowest BCUT2D eigenvalue weighted by molar-refractivity contribution is -0.116. The Morgan fingerprint density at radius 2 is 1.90 bits per heavy atom. The number of para-hydroxylation sites is 1. The monoisotopic (exact) mass is 401 g/mol. The zero-order valence-electron chi connectivity index (χ0n) is 16.2. The number of methoxy groups -OCH3 is 1. The Kier molecular flexibility index (Phi) is 5.66. The quantitative estimate of drug-likeness (QED) is 0.478. The van der Waals surface area contributed by atoms with Crippen LogP contribution in [0, 0.1) is 0 Å². The van der Waals surface area contributed by atoms with Crippen LogP contribution in [-0.4, -0.2) is 33.2 Å². The van der Waals surface area contributed by atoms with Gasteiger partial charge in [0.1, 0.15) is 17.2 Å². The summed E-state index contributed by atoms with van der Waals surface area (Å²) in [6.07, 6.45) is 3.13. The number of carbonyl (C=O) groups excluding carboxylic acids is 1. The summed E-state index contributed by atoms with van der Waals surface area (Å²) in [5.74, 6) is 1.29. The van der Waals surface area contributed by atoms with Gasteiger partial charge >= 0.3 is 0 Å². The van der Waals surface area contributed by atoms with Crippen molar-refractivity contribution in [2.45, 2.75) is 6.54 Å². The molecule has 0 aliphatic heterocycles. The Labute approximate surface area is 172 Å². The highest BCUT2D eigenvalue weighted by atomic mass is 16.5. The van der Waals surface area contributed by atoms with E-state index in [9.17, 15) is 4.79 Å². The van der Waals surface area contributed by atoms with Gasteiger partial charge in [-0.3, -0.25) is 4.79 Å². The van der Waals surface area contributed by atoms with E-state index < -0.39 is 0 Å². The van der Waals surface area contributed by atoms with Crippen molar-refractivity contribution in [3.63, 3.8) is 0 Å². The van der Waals surface area contributed by atoms with E-state index in [0.717, 1.165) is 11.1 Å². The number of aromatic nitrogens is 4. The minimum absolute atomic E-state index is 0.226. The van der Waals surface area contributed by atoms with Gasteiger partial charge in [-0.2, -0.15) is 4.68 Å². The van der Waals surface area contributed by atoms with Gasteiger partial charge in [0.2, 0.25) is 0 Å². The molecule has 0 unspecified atom stereocenters. The molecule has 1 amide bonds. The molecule has 2 heterocycles. The molecule has 1 N–H and O–H groups in total. The van der Waals surface area contributed by atoms with Crippen LogP contribution in [-0.2, 0) is 11.3 Å². The number of benzene rings is 2. The van der Waals surface area contributed by atoms with E-state index in [1.807, 2.05) is 54.6 Å². The van der Waals surface area contributed by atoms with Gasteiger partial charge in [-0.05, 0) is 28.6 Å². The van der Waals surface area contributed by atoms with Gasteiger partial charge in [-0.15, -0.1) is 5.10 Å². The van der Waals surface area contributed by atoms with E-state index >= 15 is 0 Å². The third-order valence-electron chi connectivity index (χ3n) is 4.42. The highest BCUT2D eigenvalue weighted by Crippen LogP contribution is 2.21. The number of hydrogen-bond donors (Lipinski definition) is 1. The minimum Gasteiger partial charge on any atom is -0.496 e. The second-order valence-corrected chi connectivity index (χ2v) is 6.32. The van der Waals surface area contributed by atoms with Crippen molar-refractivity contribution in [2.75, 3.05) is 7.11 Å². The molecule has 0 radical (unpaired) electrons. The van der Waals surface area contributed by atoms with Crippen LogP contribution in [0.1, 0.15) is 11.3 Å². The maximum absolute atomic E-state index is 13.1. The number of nitrogens with one attached hydrogen (secondary N) is 1. The van der Waals surface area contributed by atoms with E-state index in [2.05, 4.69) is 20.8 Å². The van der Waals surface area contributed by atoms with Crippen LogP contribution < -0.4 is 10.1 Å². The fourth-order valence-corrected chi connectivity index (χ4v) is 2.96. The normalized spacial score (nSPS) is 11.3. The summed E-state index contributed by atoms with van der Waals surface area (Å²) in [6.45, 7) is 0.279. The summed E-state index contributed by atoms with van der Waals surface area (Å²) in [5, 5.41) is 14.8. The second kappa shape index (κ2) is 8.87. The maximum Gasteiger partial charge on any atom is 0.270 e. The van der Waals surface area contributed by atoms with E-state index in [1.165, 1.54) is 10.9 Å². The fourth-order valence-electron chi connectivity index (χ4n) is 2.96. The molecular weight excluding hydrogens is 382 g/mol. The lowest BCUT2D eigenvalue weighted by Crippen LogP contribution is -2.27. The number of ether oxygens (including phenoxy) is 1. The first-order chi connectivity index (χ1) is 14.8. The largest absolute Gasteiger partial charge is 0.496 e. The molecule has 4 aromatic rings. The summed E-state index contributed by atoms with van der Waals surface area (Å²) in [6, 6.07) is 20.4. The van der Waals surface area contributed by atoms with Crippen molar-refractivity contribution in [1.29, 1.82) is 0 Å². The first-order valence-corrected chi connectivity index (χ1v) is 9.25. The van der Waals surface area contributed by atoms with Gasteiger partial charge in [-0.25, -0.2) is 0 Å². The summed E-state index contributed by atoms with van der Waals surface area (Å²) in [5.41, 5.74) is 1.86. The molecule has 2 aromatic carbocycles. The average molecular weight is 401 g/mol. The number of hydrogen-bond acceptors (Lipinski definition) is 6. The maximum atomic E-state index is 13.1. The molecule has 0 saturated heterocycles. The molecule has 0 aliphatic rings. The SMILES string of the molecule is COc1ccccc1CNC(=O)C(=Cc1ccco1)n1nnnc1-c1ccccc1. The van der Waals surface area contributed by atoms with E-state index in [-0.39, 0.29) is 18.1 Å². The third kappa shape index (κ3) is 4.12. The molecular formula is C22H19N5O3. The molecule has 0 aliphatic carbocycles. The molecule has 8 heteroatoms. The van der Waals surface area contributed by atoms with Crippen molar-refractivity contribution in [2.24, 2.45) is 0 Å². The molecule has 0 fully saturated rings. The summed E-state index contributed by atoms with van der Waals surface area (Å²) >= 11 is 0. The first kappa shape index (κ1) is 19.1. The molecule has 0 spiro atoms. The van der Waals surface area contributed by atoms with Crippen LogP contribution in [0.15, 0.2) is 77.4 Å². The molecule has 150 valence electrons. The summed E-state index contributed by atoms with van der Waals surface area (Å²) in [7, 11) is 1.59. The molecule has 0 atom stereocenters. The van der Waals surface area contributed by atoms with Crippen molar-refractivity contribution >= 4 is 17.7 Å². The molecule has 0 bridgehead atoms. The van der Waals surface area contributed by atoms with Crippen molar-refractivity contribution in [3.8, 4) is 17.1 Å². The third-order valence-corrected chi connectivity index (χ3v) is 4.42. The predicted molar refractivity (Wildman–Crippen MR) is 111 cm³/mol. The molecule has 0 saturated carbocycles. The Balaban J connectivity index is 1.67. The summed E-state index contributed by atoms with van der Waals surface area (Å²) < 4.78 is 12.2. The van der Waals surface area contributed by atoms with Crippen LogP contribution in [0.25, 0.3) is 23.2 Å². The van der Waals surface area contributed by atoms with Gasteiger partial charge < -0.3 is 14.5 Å². The number of tetrazole rings is 1. The number of furan rings is 1. The van der Waals surface area contributed by atoms with Gasteiger partial charge in [0, 0.05) is 23.7 Å². The number of carbonyl (C=O) groups is 1. The lowest BCUT2D eigenvalue weighted by atomic mass is 10.2. The molecule has 4 rings (SSSR count). The molecule has 8 nitrogen and oxygen atoms in total. The number of nitrogens with zero attached hydrogens (tertiary/aromatic N) is 4. The summed E-state index contributed by atoms with van der Waals surface area (Å²) in [4.78, 5) is 13.1. The van der Waals surface area contributed by atoms with Crippen molar-refractivity contribution in [3.05, 3.63) is 84.3 Å². The van der Waals surface area contributed by atoms with Crippen LogP contribution in [0.2, 0.25) is 0 Å². The van der Waals surface area contributed by atoms with Crippen molar-refractivity contribution in [1.82, 2.24) is 25.5 Å². The topological polar surface area (TPSA) is 95.1 Å². The highest BCUT2D eigenvalue weighted by molar-refractivity contribution is 6.18. The average Bonchev–Trinajstić information content (AvgIpc) is 3.48. The minimum atomic E-state index is -0.359. The Hall–Kier alpha value is -4.20. The van der Waals surface area contributed by atoms with Crippen LogP contribution >= 0.6 is 0 Å². The van der Waals surface area contributed by atoms with Crippen LogP contribution in [0.4, 0.5) is 0 Å². The smallest absolute Gasteiger partial charge is 0.270 e. The number of rotatable bonds is 7. The van der Waals surface area contributed by atoms with Gasteiger partial charge in [-0.1, -0.05) is 48.5 Å². The van der Waals surface area contributed by atoms with Crippen LogP contribution in [0.3, 0.4) is 0 Å². The Morgan fingerprint density at radius 3 is 2.67 bits per heavy atom. The lowest BCUT2D eigenvalue weighted by Gasteiger charge is -2.12. The molecule has 2 aromatic heterocycles. The fraction of sp³-hybridized carbons (Fsp3) is 0.0909. The standard InChI is InChI=1S/C22H19N5O3/c1-29-20-12-6-5-10-17(20)15-23-22(28)19(14-18-11-7-13-30-18)27-21(24-25-26-27)16-8-3-2-4-9-16/h2-14H,15H2,1H3,(H,23,28). The van der Waals surface area contributed by atoms with E-state index in [4.69, 9.17) is 9.15 Å².